The van der Waals surface area contributed by atoms with Crippen LogP contribution in [0.15, 0.2) is 54.6 Å². The van der Waals surface area contributed by atoms with E-state index in [1.807, 2.05) is 70.2 Å². The molecule has 166 valence electrons. The van der Waals surface area contributed by atoms with E-state index in [-0.39, 0.29) is 5.97 Å². The monoisotopic (exact) mass is 424 g/mol. The molecule has 1 aliphatic rings. The molecule has 0 spiro atoms. The molecule has 2 atom stereocenters. The van der Waals surface area contributed by atoms with E-state index in [0.29, 0.717) is 18.6 Å². The van der Waals surface area contributed by atoms with Gasteiger partial charge in [-0.2, -0.15) is 0 Å². The highest BCUT2D eigenvalue weighted by molar-refractivity contribution is 5.89. The van der Waals surface area contributed by atoms with Crippen molar-refractivity contribution in [1.29, 1.82) is 0 Å². The van der Waals surface area contributed by atoms with Crippen LogP contribution in [0.25, 0.3) is 0 Å². The maximum absolute atomic E-state index is 12.9. The number of carbonyl (C=O) groups excluding carboxylic acids is 2. The first-order valence-corrected chi connectivity index (χ1v) is 11.0. The van der Waals surface area contributed by atoms with Gasteiger partial charge >= 0.3 is 11.9 Å². The molecule has 0 N–H and O–H groups in total. The Morgan fingerprint density at radius 2 is 1.61 bits per heavy atom. The minimum Gasteiger partial charge on any atom is -0.449 e. The molecule has 2 aromatic rings. The van der Waals surface area contributed by atoms with Crippen molar-refractivity contribution >= 4 is 11.9 Å². The summed E-state index contributed by atoms with van der Waals surface area (Å²) in [6.45, 7) is 8.24. The fourth-order valence-corrected chi connectivity index (χ4v) is 3.42. The SMILES string of the molecule is CCC(C)(C)C(=O)OC(C)(c1ccccc1)c1ccc(C(=O)OC2CCCCO2)cc1. The van der Waals surface area contributed by atoms with Crippen LogP contribution in [0.1, 0.15) is 74.9 Å². The van der Waals surface area contributed by atoms with Gasteiger partial charge in [-0.05, 0) is 63.3 Å². The van der Waals surface area contributed by atoms with Gasteiger partial charge in [0, 0.05) is 6.42 Å². The van der Waals surface area contributed by atoms with E-state index in [4.69, 9.17) is 14.2 Å². The molecule has 0 bridgehead atoms. The lowest BCUT2D eigenvalue weighted by Crippen LogP contribution is -2.36. The van der Waals surface area contributed by atoms with E-state index < -0.39 is 23.3 Å². The number of carbonyl (C=O) groups is 2. The third kappa shape index (κ3) is 5.34. The van der Waals surface area contributed by atoms with Crippen molar-refractivity contribution in [3.8, 4) is 0 Å². The molecule has 0 aliphatic carbocycles. The molecule has 0 radical (unpaired) electrons. The van der Waals surface area contributed by atoms with E-state index >= 15 is 0 Å². The quantitative estimate of drug-likeness (QED) is 0.541. The molecule has 2 unspecified atom stereocenters. The minimum absolute atomic E-state index is 0.265. The zero-order chi connectivity index (χ0) is 22.5. The highest BCUT2D eigenvalue weighted by Gasteiger charge is 2.38. The van der Waals surface area contributed by atoms with Crippen LogP contribution in [0, 0.1) is 5.41 Å². The molecule has 1 heterocycles. The number of hydrogen-bond acceptors (Lipinski definition) is 5. The van der Waals surface area contributed by atoms with Crippen LogP contribution in [0.5, 0.6) is 0 Å². The Morgan fingerprint density at radius 3 is 2.19 bits per heavy atom. The summed E-state index contributed by atoms with van der Waals surface area (Å²) < 4.78 is 17.1. The maximum Gasteiger partial charge on any atom is 0.340 e. The van der Waals surface area contributed by atoms with Crippen LogP contribution >= 0.6 is 0 Å². The summed E-state index contributed by atoms with van der Waals surface area (Å²) >= 11 is 0. The molecule has 31 heavy (non-hydrogen) atoms. The van der Waals surface area contributed by atoms with Crippen molar-refractivity contribution in [2.24, 2.45) is 5.41 Å². The molecule has 0 amide bonds. The largest absolute Gasteiger partial charge is 0.449 e. The van der Waals surface area contributed by atoms with Gasteiger partial charge in [-0.1, -0.05) is 49.4 Å². The van der Waals surface area contributed by atoms with E-state index in [0.717, 1.165) is 30.4 Å². The average Bonchev–Trinajstić information content (AvgIpc) is 2.80. The third-order valence-electron chi connectivity index (χ3n) is 6.11. The first-order valence-electron chi connectivity index (χ1n) is 11.0. The smallest absolute Gasteiger partial charge is 0.340 e. The lowest BCUT2D eigenvalue weighted by atomic mass is 9.85. The first-order chi connectivity index (χ1) is 14.8. The van der Waals surface area contributed by atoms with Gasteiger partial charge in [-0.25, -0.2) is 4.79 Å². The lowest BCUT2D eigenvalue weighted by molar-refractivity contribution is -0.166. The van der Waals surface area contributed by atoms with Crippen molar-refractivity contribution < 1.29 is 23.8 Å². The second-order valence-corrected chi connectivity index (χ2v) is 8.81. The Kier molecular flexibility index (Phi) is 7.16. The van der Waals surface area contributed by atoms with Gasteiger partial charge in [0.25, 0.3) is 0 Å². The van der Waals surface area contributed by atoms with Gasteiger partial charge in [0.15, 0.2) is 5.60 Å². The Labute approximate surface area is 184 Å². The van der Waals surface area contributed by atoms with E-state index in [9.17, 15) is 9.59 Å². The summed E-state index contributed by atoms with van der Waals surface area (Å²) in [5.41, 5.74) is 0.499. The lowest BCUT2D eigenvalue weighted by Gasteiger charge is -2.34. The second kappa shape index (κ2) is 9.65. The van der Waals surface area contributed by atoms with Crippen molar-refractivity contribution in [1.82, 2.24) is 0 Å². The minimum atomic E-state index is -0.986. The fourth-order valence-electron chi connectivity index (χ4n) is 3.42. The first kappa shape index (κ1) is 23.0. The van der Waals surface area contributed by atoms with Gasteiger partial charge < -0.3 is 14.2 Å². The average molecular weight is 425 g/mol. The molecule has 2 aromatic carbocycles. The summed E-state index contributed by atoms with van der Waals surface area (Å²) in [6.07, 6.45) is 2.90. The summed E-state index contributed by atoms with van der Waals surface area (Å²) in [7, 11) is 0. The van der Waals surface area contributed by atoms with Crippen LogP contribution in [0.4, 0.5) is 0 Å². The van der Waals surface area contributed by atoms with Gasteiger partial charge in [0.2, 0.25) is 6.29 Å². The molecule has 1 fully saturated rings. The molecule has 3 rings (SSSR count). The number of ether oxygens (including phenoxy) is 3. The Morgan fingerprint density at radius 1 is 0.968 bits per heavy atom. The van der Waals surface area contributed by atoms with Gasteiger partial charge in [0.05, 0.1) is 17.6 Å². The molecule has 5 nitrogen and oxygen atoms in total. The van der Waals surface area contributed by atoms with Crippen LogP contribution in [0.3, 0.4) is 0 Å². The predicted octanol–water partition coefficient (Wildman–Crippen LogP) is 5.61. The number of rotatable bonds is 7. The molecular formula is C26H32O5. The highest BCUT2D eigenvalue weighted by atomic mass is 16.7. The van der Waals surface area contributed by atoms with Gasteiger partial charge in [-0.3, -0.25) is 4.79 Å². The number of benzene rings is 2. The number of hydrogen-bond donors (Lipinski definition) is 0. The molecule has 0 saturated carbocycles. The molecule has 1 saturated heterocycles. The molecule has 0 aromatic heterocycles. The Hall–Kier alpha value is -2.66. The molecule has 1 aliphatic heterocycles. The Balaban J connectivity index is 1.85. The van der Waals surface area contributed by atoms with Crippen LogP contribution < -0.4 is 0 Å². The van der Waals surface area contributed by atoms with E-state index in [1.165, 1.54) is 0 Å². The van der Waals surface area contributed by atoms with Crippen LogP contribution in [-0.2, 0) is 24.6 Å². The van der Waals surface area contributed by atoms with Crippen molar-refractivity contribution in [3.05, 3.63) is 71.3 Å². The maximum atomic E-state index is 12.9. The standard InChI is InChI=1S/C26H32O5/c1-5-25(2,3)24(28)31-26(4,20-11-7-6-8-12-20)21-16-14-19(15-17-21)23(27)30-22-13-9-10-18-29-22/h6-8,11-12,14-17,22H,5,9-10,13,18H2,1-4H3. The van der Waals surface area contributed by atoms with Gasteiger partial charge in [0.1, 0.15) is 0 Å². The number of esters is 2. The summed E-state index contributed by atoms with van der Waals surface area (Å²) in [4.78, 5) is 25.4. The molecular weight excluding hydrogens is 392 g/mol. The van der Waals surface area contributed by atoms with Crippen molar-refractivity contribution in [2.75, 3.05) is 6.61 Å². The van der Waals surface area contributed by atoms with Crippen molar-refractivity contribution in [3.63, 3.8) is 0 Å². The van der Waals surface area contributed by atoms with Crippen molar-refractivity contribution in [2.45, 2.75) is 65.3 Å². The zero-order valence-corrected chi connectivity index (χ0v) is 18.9. The second-order valence-electron chi connectivity index (χ2n) is 8.81. The summed E-state index contributed by atoms with van der Waals surface area (Å²) in [5.74, 6) is -0.678. The third-order valence-corrected chi connectivity index (χ3v) is 6.11. The van der Waals surface area contributed by atoms with Gasteiger partial charge in [-0.15, -0.1) is 0 Å². The highest BCUT2D eigenvalue weighted by Crippen LogP contribution is 2.36. The van der Waals surface area contributed by atoms with E-state index in [2.05, 4.69) is 0 Å². The topological polar surface area (TPSA) is 61.8 Å². The van der Waals surface area contributed by atoms with E-state index in [1.54, 1.807) is 12.1 Å². The van der Waals surface area contributed by atoms with Crippen LogP contribution in [-0.4, -0.2) is 24.8 Å². The fraction of sp³-hybridized carbons (Fsp3) is 0.462. The van der Waals surface area contributed by atoms with Crippen LogP contribution in [0.2, 0.25) is 0 Å². The zero-order valence-electron chi connectivity index (χ0n) is 18.9. The summed E-state index contributed by atoms with van der Waals surface area (Å²) in [5, 5.41) is 0. The summed E-state index contributed by atoms with van der Waals surface area (Å²) in [6, 6.07) is 16.7. The normalized spacial score (nSPS) is 18.6. The molecule has 5 heteroatoms. The predicted molar refractivity (Wildman–Crippen MR) is 119 cm³/mol. The Bertz CT molecular complexity index is 882.